The predicted octanol–water partition coefficient (Wildman–Crippen LogP) is 1.78. The lowest BCUT2D eigenvalue weighted by Gasteiger charge is -2.10. The number of carbonyl (C=O) groups excluding carboxylic acids is 2. The molecule has 1 aromatic carbocycles. The zero-order valence-electron chi connectivity index (χ0n) is 9.82. The van der Waals surface area contributed by atoms with Crippen LogP contribution in [0.2, 0.25) is 0 Å². The predicted molar refractivity (Wildman–Crippen MR) is 65.8 cm³/mol. The molecular formula is C13H16N2O2. The Kier molecular flexibility index (Phi) is 3.42. The Morgan fingerprint density at radius 3 is 2.65 bits per heavy atom. The Balaban J connectivity index is 2.14. The first kappa shape index (κ1) is 11.6. The number of hydrogen-bond donors (Lipinski definition) is 2. The third-order valence-corrected chi connectivity index (χ3v) is 2.72. The summed E-state index contributed by atoms with van der Waals surface area (Å²) in [6.45, 7) is 2.44. The zero-order valence-corrected chi connectivity index (χ0v) is 9.82. The standard InChI is InChI=1S/C13H16N2O2/c1-2-14-13(17)10-5-3-4-6-11(10)15-12(16)9-7-8-9/h3-6,9H,2,7-8H2,1H3,(H,14,17)(H,15,16). The number of hydrogen-bond acceptors (Lipinski definition) is 2. The molecule has 0 bridgehead atoms. The Morgan fingerprint density at radius 2 is 2.00 bits per heavy atom. The van der Waals surface area contributed by atoms with Gasteiger partial charge in [-0.1, -0.05) is 12.1 Å². The average molecular weight is 232 g/mol. The van der Waals surface area contributed by atoms with Crippen molar-refractivity contribution in [2.24, 2.45) is 5.92 Å². The third-order valence-electron chi connectivity index (χ3n) is 2.72. The van der Waals surface area contributed by atoms with Gasteiger partial charge in [-0.3, -0.25) is 9.59 Å². The molecule has 0 heterocycles. The molecule has 1 fully saturated rings. The minimum Gasteiger partial charge on any atom is -0.352 e. The Hall–Kier alpha value is -1.84. The van der Waals surface area contributed by atoms with Crippen LogP contribution in [0.3, 0.4) is 0 Å². The van der Waals surface area contributed by atoms with Crippen LogP contribution in [-0.2, 0) is 4.79 Å². The van der Waals surface area contributed by atoms with Crippen LogP contribution in [0, 0.1) is 5.92 Å². The van der Waals surface area contributed by atoms with E-state index in [9.17, 15) is 9.59 Å². The van der Waals surface area contributed by atoms with E-state index < -0.39 is 0 Å². The van der Waals surface area contributed by atoms with Crippen molar-refractivity contribution >= 4 is 17.5 Å². The molecule has 0 saturated heterocycles. The fourth-order valence-electron chi connectivity index (χ4n) is 1.63. The van der Waals surface area contributed by atoms with Crippen molar-refractivity contribution in [1.82, 2.24) is 5.32 Å². The number of amides is 2. The lowest BCUT2D eigenvalue weighted by atomic mass is 10.1. The van der Waals surface area contributed by atoms with Crippen LogP contribution >= 0.6 is 0 Å². The van der Waals surface area contributed by atoms with Gasteiger partial charge in [0.25, 0.3) is 5.91 Å². The maximum absolute atomic E-state index is 11.8. The molecule has 0 unspecified atom stereocenters. The van der Waals surface area contributed by atoms with Crippen molar-refractivity contribution in [1.29, 1.82) is 0 Å². The van der Waals surface area contributed by atoms with Crippen molar-refractivity contribution in [2.75, 3.05) is 11.9 Å². The molecule has 0 aliphatic heterocycles. The van der Waals surface area contributed by atoms with Gasteiger partial charge in [-0.15, -0.1) is 0 Å². The van der Waals surface area contributed by atoms with Crippen LogP contribution in [0.25, 0.3) is 0 Å². The van der Waals surface area contributed by atoms with Gasteiger partial charge >= 0.3 is 0 Å². The largest absolute Gasteiger partial charge is 0.352 e. The summed E-state index contributed by atoms with van der Waals surface area (Å²) < 4.78 is 0. The molecule has 0 radical (unpaired) electrons. The minimum atomic E-state index is -0.154. The summed E-state index contributed by atoms with van der Waals surface area (Å²) in [5.41, 5.74) is 1.11. The monoisotopic (exact) mass is 232 g/mol. The van der Waals surface area contributed by atoms with E-state index in [1.165, 1.54) is 0 Å². The van der Waals surface area contributed by atoms with E-state index in [0.29, 0.717) is 17.8 Å². The second-order valence-electron chi connectivity index (χ2n) is 4.17. The Bertz CT molecular complexity index is 439. The summed E-state index contributed by atoms with van der Waals surface area (Å²) in [6.07, 6.45) is 1.91. The fraction of sp³-hybridized carbons (Fsp3) is 0.385. The lowest BCUT2D eigenvalue weighted by Crippen LogP contribution is -2.25. The maximum atomic E-state index is 11.8. The Labute approximate surface area is 100 Å². The van der Waals surface area contributed by atoms with Crippen LogP contribution in [-0.4, -0.2) is 18.4 Å². The smallest absolute Gasteiger partial charge is 0.253 e. The molecule has 2 amide bonds. The second kappa shape index (κ2) is 4.99. The number of nitrogens with one attached hydrogen (secondary N) is 2. The molecule has 0 atom stereocenters. The van der Waals surface area contributed by atoms with Crippen molar-refractivity contribution in [3.63, 3.8) is 0 Å². The fourth-order valence-corrected chi connectivity index (χ4v) is 1.63. The highest BCUT2D eigenvalue weighted by Gasteiger charge is 2.30. The van der Waals surface area contributed by atoms with Gasteiger partial charge in [0.05, 0.1) is 11.3 Å². The van der Waals surface area contributed by atoms with Gasteiger partial charge < -0.3 is 10.6 Å². The topological polar surface area (TPSA) is 58.2 Å². The average Bonchev–Trinajstić information content (AvgIpc) is 3.13. The molecule has 4 heteroatoms. The molecule has 90 valence electrons. The van der Waals surface area contributed by atoms with Gasteiger partial charge in [-0.25, -0.2) is 0 Å². The normalized spacial score (nSPS) is 14.2. The number of anilines is 1. The molecule has 4 nitrogen and oxygen atoms in total. The highest BCUT2D eigenvalue weighted by molar-refractivity contribution is 6.04. The van der Waals surface area contributed by atoms with Gasteiger partial charge in [0.2, 0.25) is 5.91 Å². The van der Waals surface area contributed by atoms with E-state index in [2.05, 4.69) is 10.6 Å². The SMILES string of the molecule is CCNC(=O)c1ccccc1NC(=O)C1CC1. The molecule has 1 aliphatic carbocycles. The molecule has 17 heavy (non-hydrogen) atoms. The molecule has 0 spiro atoms. The summed E-state index contributed by atoms with van der Waals surface area (Å²) >= 11 is 0. The van der Waals surface area contributed by atoms with Gasteiger partial charge in [-0.05, 0) is 31.9 Å². The van der Waals surface area contributed by atoms with E-state index in [-0.39, 0.29) is 17.7 Å². The van der Waals surface area contributed by atoms with Gasteiger partial charge in [0.15, 0.2) is 0 Å². The molecule has 2 rings (SSSR count). The zero-order chi connectivity index (χ0) is 12.3. The molecular weight excluding hydrogens is 216 g/mol. The van der Waals surface area contributed by atoms with Crippen molar-refractivity contribution < 1.29 is 9.59 Å². The number of para-hydroxylation sites is 1. The van der Waals surface area contributed by atoms with E-state index in [1.54, 1.807) is 18.2 Å². The molecule has 1 aliphatic rings. The summed E-state index contributed by atoms with van der Waals surface area (Å²) in [4.78, 5) is 23.4. The summed E-state index contributed by atoms with van der Waals surface area (Å²) in [5.74, 6) is -0.00163. The second-order valence-corrected chi connectivity index (χ2v) is 4.17. The van der Waals surface area contributed by atoms with Gasteiger partial charge in [0, 0.05) is 12.5 Å². The first-order chi connectivity index (χ1) is 8.22. The van der Waals surface area contributed by atoms with E-state index in [0.717, 1.165) is 12.8 Å². The number of carbonyl (C=O) groups is 2. The van der Waals surface area contributed by atoms with Crippen molar-refractivity contribution in [3.05, 3.63) is 29.8 Å². The van der Waals surface area contributed by atoms with Gasteiger partial charge in [-0.2, -0.15) is 0 Å². The van der Waals surface area contributed by atoms with Crippen LogP contribution < -0.4 is 10.6 Å². The number of benzene rings is 1. The van der Waals surface area contributed by atoms with Gasteiger partial charge in [0.1, 0.15) is 0 Å². The van der Waals surface area contributed by atoms with E-state index in [4.69, 9.17) is 0 Å². The van der Waals surface area contributed by atoms with Crippen LogP contribution in [0.1, 0.15) is 30.1 Å². The van der Waals surface area contributed by atoms with Crippen LogP contribution in [0.4, 0.5) is 5.69 Å². The van der Waals surface area contributed by atoms with Crippen molar-refractivity contribution in [2.45, 2.75) is 19.8 Å². The first-order valence-corrected chi connectivity index (χ1v) is 5.90. The highest BCUT2D eigenvalue weighted by Crippen LogP contribution is 2.30. The maximum Gasteiger partial charge on any atom is 0.253 e. The summed E-state index contributed by atoms with van der Waals surface area (Å²) in [6, 6.07) is 7.07. The Morgan fingerprint density at radius 1 is 1.29 bits per heavy atom. The minimum absolute atomic E-state index is 0.0155. The van der Waals surface area contributed by atoms with Crippen LogP contribution in [0.5, 0.6) is 0 Å². The molecule has 1 aromatic rings. The summed E-state index contributed by atoms with van der Waals surface area (Å²) in [5, 5.41) is 5.54. The summed E-state index contributed by atoms with van der Waals surface area (Å²) in [7, 11) is 0. The lowest BCUT2D eigenvalue weighted by molar-refractivity contribution is -0.117. The third kappa shape index (κ3) is 2.84. The molecule has 1 saturated carbocycles. The number of rotatable bonds is 4. The molecule has 0 aromatic heterocycles. The molecule has 2 N–H and O–H groups in total. The van der Waals surface area contributed by atoms with E-state index in [1.807, 2.05) is 13.0 Å². The highest BCUT2D eigenvalue weighted by atomic mass is 16.2. The first-order valence-electron chi connectivity index (χ1n) is 5.90. The van der Waals surface area contributed by atoms with Crippen molar-refractivity contribution in [3.8, 4) is 0 Å². The quantitative estimate of drug-likeness (QED) is 0.831. The van der Waals surface area contributed by atoms with Crippen LogP contribution in [0.15, 0.2) is 24.3 Å². The van der Waals surface area contributed by atoms with E-state index >= 15 is 0 Å².